The molecule has 1 atom stereocenters. The summed E-state index contributed by atoms with van der Waals surface area (Å²) in [5.41, 5.74) is 0.424. The molecule has 1 unspecified atom stereocenters. The predicted molar refractivity (Wildman–Crippen MR) is 90.7 cm³/mol. The summed E-state index contributed by atoms with van der Waals surface area (Å²) in [5.74, 6) is -0.415. The van der Waals surface area contributed by atoms with Crippen LogP contribution in [0.2, 0.25) is 5.02 Å². The molecule has 1 N–H and O–H groups in total. The molecule has 0 aromatic heterocycles. The molecule has 1 aromatic rings. The molecule has 1 heterocycles. The fraction of sp³-hybridized carbons (Fsp3) is 0.588. The van der Waals surface area contributed by atoms with Gasteiger partial charge >= 0.3 is 6.09 Å². The first-order chi connectivity index (χ1) is 11.2. The molecule has 0 bridgehead atoms. The summed E-state index contributed by atoms with van der Waals surface area (Å²) in [4.78, 5) is 13.9. The van der Waals surface area contributed by atoms with Crippen LogP contribution in [0.25, 0.3) is 0 Å². The highest BCUT2D eigenvalue weighted by atomic mass is 35.5. The number of amides is 1. The summed E-state index contributed by atoms with van der Waals surface area (Å²) in [6.45, 7) is 8.53. The number of rotatable bonds is 4. The van der Waals surface area contributed by atoms with Crippen LogP contribution in [0.3, 0.4) is 0 Å². The molecule has 1 fully saturated rings. The fourth-order valence-corrected chi connectivity index (χ4v) is 2.66. The average Bonchev–Trinajstić information content (AvgIpc) is 2.48. The number of ether oxygens (including phenoxy) is 2. The molecule has 1 saturated heterocycles. The molecule has 134 valence electrons. The highest BCUT2D eigenvalue weighted by molar-refractivity contribution is 6.30. The number of morpholine rings is 1. The predicted octanol–water partition coefficient (Wildman–Crippen LogP) is 3.20. The molecule has 24 heavy (non-hydrogen) atoms. The van der Waals surface area contributed by atoms with E-state index in [1.807, 2.05) is 20.8 Å². The molecule has 2 rings (SSSR count). The Hall–Kier alpha value is -1.37. The van der Waals surface area contributed by atoms with Crippen molar-refractivity contribution in [1.82, 2.24) is 10.2 Å². The zero-order valence-corrected chi connectivity index (χ0v) is 15.0. The van der Waals surface area contributed by atoms with E-state index in [4.69, 9.17) is 21.1 Å². The van der Waals surface area contributed by atoms with E-state index in [-0.39, 0.29) is 11.1 Å². The third-order valence-corrected chi connectivity index (χ3v) is 3.78. The van der Waals surface area contributed by atoms with Crippen molar-refractivity contribution >= 4 is 17.7 Å². The molecule has 1 aliphatic heterocycles. The summed E-state index contributed by atoms with van der Waals surface area (Å²) in [5, 5.41) is 2.86. The first-order valence-corrected chi connectivity index (χ1v) is 8.35. The maximum absolute atomic E-state index is 13.2. The second-order valence-electron chi connectivity index (χ2n) is 6.86. The SMILES string of the molecule is CC(C)(C)OC(=O)NCC1CN(Cc2ccc(F)c(Cl)c2)CCO1. The minimum absolute atomic E-state index is 0.109. The van der Waals surface area contributed by atoms with Gasteiger partial charge in [-0.05, 0) is 38.5 Å². The number of halogens is 2. The van der Waals surface area contributed by atoms with Gasteiger partial charge in [0.05, 0.1) is 17.7 Å². The second kappa shape index (κ2) is 8.14. The maximum atomic E-state index is 13.2. The number of nitrogens with one attached hydrogen (secondary N) is 1. The van der Waals surface area contributed by atoms with Gasteiger partial charge in [-0.15, -0.1) is 0 Å². The van der Waals surface area contributed by atoms with Crippen molar-refractivity contribution in [2.45, 2.75) is 39.0 Å². The standard InChI is InChI=1S/C17H24ClFN2O3/c1-17(2,3)24-16(22)20-9-13-11-21(6-7-23-13)10-12-4-5-15(19)14(18)8-12/h4-5,8,13H,6-7,9-11H2,1-3H3,(H,20,22). The van der Waals surface area contributed by atoms with Gasteiger partial charge in [0.25, 0.3) is 0 Å². The number of nitrogens with zero attached hydrogens (tertiary/aromatic N) is 1. The Morgan fingerprint density at radius 2 is 2.25 bits per heavy atom. The monoisotopic (exact) mass is 358 g/mol. The highest BCUT2D eigenvalue weighted by Gasteiger charge is 2.22. The first kappa shape index (κ1) is 19.0. The molecule has 0 saturated carbocycles. The van der Waals surface area contributed by atoms with Crippen molar-refractivity contribution in [3.05, 3.63) is 34.6 Å². The lowest BCUT2D eigenvalue weighted by molar-refractivity contribution is -0.0313. The van der Waals surface area contributed by atoms with Crippen LogP contribution >= 0.6 is 11.6 Å². The Morgan fingerprint density at radius 1 is 1.50 bits per heavy atom. The number of carbonyl (C=O) groups excluding carboxylic acids is 1. The molecule has 7 heteroatoms. The minimum atomic E-state index is -0.522. The Labute approximate surface area is 147 Å². The first-order valence-electron chi connectivity index (χ1n) is 7.98. The third-order valence-electron chi connectivity index (χ3n) is 3.49. The number of alkyl carbamates (subject to hydrolysis) is 1. The fourth-order valence-electron chi connectivity index (χ4n) is 2.46. The zero-order valence-electron chi connectivity index (χ0n) is 14.3. The Balaban J connectivity index is 1.81. The molecular formula is C17H24ClFN2O3. The minimum Gasteiger partial charge on any atom is -0.444 e. The zero-order chi connectivity index (χ0) is 17.7. The van der Waals surface area contributed by atoms with Crippen LogP contribution < -0.4 is 5.32 Å². The normalized spacial score (nSPS) is 19.1. The smallest absolute Gasteiger partial charge is 0.407 e. The Bertz CT molecular complexity index is 577. The van der Waals surface area contributed by atoms with Gasteiger partial charge in [0.15, 0.2) is 0 Å². The van der Waals surface area contributed by atoms with E-state index >= 15 is 0 Å². The lowest BCUT2D eigenvalue weighted by atomic mass is 10.2. The van der Waals surface area contributed by atoms with E-state index < -0.39 is 17.5 Å². The largest absolute Gasteiger partial charge is 0.444 e. The Kier molecular flexibility index (Phi) is 6.43. The van der Waals surface area contributed by atoms with Crippen LogP contribution in [0, 0.1) is 5.82 Å². The van der Waals surface area contributed by atoms with Crippen molar-refractivity contribution in [3.63, 3.8) is 0 Å². The lowest BCUT2D eigenvalue weighted by Crippen LogP contribution is -2.47. The van der Waals surface area contributed by atoms with Gasteiger partial charge in [0.1, 0.15) is 11.4 Å². The molecule has 0 spiro atoms. The number of hydrogen-bond acceptors (Lipinski definition) is 4. The Morgan fingerprint density at radius 3 is 2.92 bits per heavy atom. The van der Waals surface area contributed by atoms with E-state index in [9.17, 15) is 9.18 Å². The van der Waals surface area contributed by atoms with Crippen molar-refractivity contribution in [2.75, 3.05) is 26.2 Å². The van der Waals surface area contributed by atoms with E-state index in [0.29, 0.717) is 26.2 Å². The van der Waals surface area contributed by atoms with E-state index in [1.165, 1.54) is 6.07 Å². The molecule has 0 aliphatic carbocycles. The van der Waals surface area contributed by atoms with Crippen LogP contribution in [0.5, 0.6) is 0 Å². The van der Waals surface area contributed by atoms with E-state index in [1.54, 1.807) is 12.1 Å². The quantitative estimate of drug-likeness (QED) is 0.898. The molecular weight excluding hydrogens is 335 g/mol. The molecule has 0 radical (unpaired) electrons. The topological polar surface area (TPSA) is 50.8 Å². The van der Waals surface area contributed by atoms with Crippen molar-refractivity contribution < 1.29 is 18.7 Å². The van der Waals surface area contributed by atoms with Gasteiger partial charge in [-0.3, -0.25) is 4.90 Å². The van der Waals surface area contributed by atoms with Crippen molar-refractivity contribution in [3.8, 4) is 0 Å². The van der Waals surface area contributed by atoms with Gasteiger partial charge in [-0.1, -0.05) is 17.7 Å². The van der Waals surface area contributed by atoms with Crippen LogP contribution in [0.1, 0.15) is 26.3 Å². The van der Waals surface area contributed by atoms with Crippen molar-refractivity contribution in [2.24, 2.45) is 0 Å². The van der Waals surface area contributed by atoms with Crippen LogP contribution in [0.4, 0.5) is 9.18 Å². The van der Waals surface area contributed by atoms with Crippen LogP contribution in [0.15, 0.2) is 18.2 Å². The van der Waals surface area contributed by atoms with Gasteiger partial charge < -0.3 is 14.8 Å². The van der Waals surface area contributed by atoms with Gasteiger partial charge in [-0.2, -0.15) is 0 Å². The number of benzene rings is 1. The lowest BCUT2D eigenvalue weighted by Gasteiger charge is -2.33. The molecule has 1 aromatic carbocycles. The van der Waals surface area contributed by atoms with Gasteiger partial charge in [0.2, 0.25) is 0 Å². The number of hydrogen-bond donors (Lipinski definition) is 1. The third kappa shape index (κ3) is 6.26. The van der Waals surface area contributed by atoms with E-state index in [0.717, 1.165) is 12.1 Å². The van der Waals surface area contributed by atoms with Crippen LogP contribution in [-0.4, -0.2) is 48.9 Å². The summed E-state index contributed by atoms with van der Waals surface area (Å²) in [6.07, 6.45) is -0.560. The summed E-state index contributed by atoms with van der Waals surface area (Å²) in [6, 6.07) is 4.74. The molecule has 1 aliphatic rings. The average molecular weight is 359 g/mol. The van der Waals surface area contributed by atoms with E-state index in [2.05, 4.69) is 10.2 Å². The molecule has 5 nitrogen and oxygen atoms in total. The summed E-state index contributed by atoms with van der Waals surface area (Å²) >= 11 is 5.82. The summed E-state index contributed by atoms with van der Waals surface area (Å²) in [7, 11) is 0. The van der Waals surface area contributed by atoms with Crippen molar-refractivity contribution in [1.29, 1.82) is 0 Å². The highest BCUT2D eigenvalue weighted by Crippen LogP contribution is 2.18. The van der Waals surface area contributed by atoms with Crippen LogP contribution in [-0.2, 0) is 16.0 Å². The van der Waals surface area contributed by atoms with Gasteiger partial charge in [0, 0.05) is 26.2 Å². The second-order valence-corrected chi connectivity index (χ2v) is 7.27. The summed E-state index contributed by atoms with van der Waals surface area (Å²) < 4.78 is 24.1. The molecule has 1 amide bonds. The number of carbonyl (C=O) groups is 1. The maximum Gasteiger partial charge on any atom is 0.407 e. The van der Waals surface area contributed by atoms with Gasteiger partial charge in [-0.25, -0.2) is 9.18 Å².